The fourth-order valence-corrected chi connectivity index (χ4v) is 4.67. The Balaban J connectivity index is 1.38. The van der Waals surface area contributed by atoms with Crippen LogP contribution in [0.4, 0.5) is 5.95 Å². The molecule has 1 aromatic carbocycles. The average molecular weight is 390 g/mol. The number of aromatic amines is 1. The van der Waals surface area contributed by atoms with Gasteiger partial charge >= 0.3 is 0 Å². The van der Waals surface area contributed by atoms with Crippen molar-refractivity contribution in [3.05, 3.63) is 63.7 Å². The van der Waals surface area contributed by atoms with Gasteiger partial charge in [0.25, 0.3) is 5.56 Å². The van der Waals surface area contributed by atoms with E-state index >= 15 is 0 Å². The number of anilines is 1. The zero-order chi connectivity index (χ0) is 19.8. The van der Waals surface area contributed by atoms with E-state index in [9.17, 15) is 4.79 Å². The van der Waals surface area contributed by atoms with Gasteiger partial charge in [-0.3, -0.25) is 19.7 Å². The van der Waals surface area contributed by atoms with Crippen molar-refractivity contribution in [3.8, 4) is 0 Å². The highest BCUT2D eigenvalue weighted by Crippen LogP contribution is 2.24. The van der Waals surface area contributed by atoms with Crippen LogP contribution in [-0.2, 0) is 19.5 Å². The Morgan fingerprint density at radius 1 is 1.21 bits per heavy atom. The number of pyridine rings is 1. The maximum absolute atomic E-state index is 12.9. The van der Waals surface area contributed by atoms with E-state index < -0.39 is 0 Å². The number of fused-ring (bicyclic) bond motifs is 2. The van der Waals surface area contributed by atoms with Gasteiger partial charge in [-0.1, -0.05) is 25.1 Å². The number of nitrogens with one attached hydrogen (secondary N) is 1. The highest BCUT2D eigenvalue weighted by molar-refractivity contribution is 5.81. The van der Waals surface area contributed by atoms with Crippen LogP contribution in [0.3, 0.4) is 0 Å². The summed E-state index contributed by atoms with van der Waals surface area (Å²) in [6.45, 7) is 6.59. The molecule has 6 nitrogen and oxygen atoms in total. The molecule has 1 N–H and O–H groups in total. The minimum atomic E-state index is 0.0208. The first-order valence-corrected chi connectivity index (χ1v) is 10.6. The monoisotopic (exact) mass is 389 g/mol. The summed E-state index contributed by atoms with van der Waals surface area (Å²) in [7, 11) is 0. The van der Waals surface area contributed by atoms with Crippen LogP contribution < -0.4 is 10.5 Å². The van der Waals surface area contributed by atoms with E-state index in [-0.39, 0.29) is 5.56 Å². The van der Waals surface area contributed by atoms with Gasteiger partial charge in [-0.05, 0) is 36.5 Å². The van der Waals surface area contributed by atoms with E-state index in [1.807, 2.05) is 18.3 Å². The molecule has 0 unspecified atom stereocenters. The SMILES string of the molecule is C[C@H]1CCCN(c2nc3c(c(=O)[nH]2)CN(Cc2ccnc4ccccc24)CC3)C1. The number of H-pyrrole nitrogens is 1. The summed E-state index contributed by atoms with van der Waals surface area (Å²) in [5, 5.41) is 1.18. The van der Waals surface area contributed by atoms with Crippen molar-refractivity contribution in [1.29, 1.82) is 0 Å². The Kier molecular flexibility index (Phi) is 4.79. The molecule has 1 atom stereocenters. The molecule has 6 heteroatoms. The lowest BCUT2D eigenvalue weighted by molar-refractivity contribution is 0.242. The van der Waals surface area contributed by atoms with Gasteiger partial charge in [-0.15, -0.1) is 0 Å². The van der Waals surface area contributed by atoms with Gasteiger partial charge in [-0.2, -0.15) is 0 Å². The van der Waals surface area contributed by atoms with Crippen LogP contribution in [0.5, 0.6) is 0 Å². The van der Waals surface area contributed by atoms with Gasteiger partial charge in [0.15, 0.2) is 0 Å². The third-order valence-electron chi connectivity index (χ3n) is 6.23. The summed E-state index contributed by atoms with van der Waals surface area (Å²) in [5.41, 5.74) is 4.08. The molecule has 0 amide bonds. The third kappa shape index (κ3) is 3.65. The van der Waals surface area contributed by atoms with Crippen molar-refractivity contribution in [2.45, 2.75) is 39.3 Å². The van der Waals surface area contributed by atoms with Crippen LogP contribution in [0.2, 0.25) is 0 Å². The van der Waals surface area contributed by atoms with Gasteiger partial charge < -0.3 is 4.90 Å². The summed E-state index contributed by atoms with van der Waals surface area (Å²) in [6, 6.07) is 10.3. The Morgan fingerprint density at radius 3 is 3.00 bits per heavy atom. The second kappa shape index (κ2) is 7.59. The number of nitrogens with zero attached hydrogens (tertiary/aromatic N) is 4. The summed E-state index contributed by atoms with van der Waals surface area (Å²) in [5.74, 6) is 1.41. The highest BCUT2D eigenvalue weighted by Gasteiger charge is 2.24. The first kappa shape index (κ1) is 18.3. The smallest absolute Gasteiger partial charge is 0.257 e. The fraction of sp³-hybridized carbons (Fsp3) is 0.435. The number of rotatable bonds is 3. The number of hydrogen-bond acceptors (Lipinski definition) is 5. The first-order chi connectivity index (χ1) is 14.2. The van der Waals surface area contributed by atoms with Crippen molar-refractivity contribution in [1.82, 2.24) is 19.9 Å². The van der Waals surface area contributed by atoms with Crippen molar-refractivity contribution < 1.29 is 0 Å². The average Bonchev–Trinajstić information content (AvgIpc) is 2.74. The molecule has 0 spiro atoms. The Hall–Kier alpha value is -2.73. The molecule has 150 valence electrons. The highest BCUT2D eigenvalue weighted by atomic mass is 16.1. The molecule has 4 heterocycles. The normalized spacial score (nSPS) is 20.0. The predicted octanol–water partition coefficient (Wildman–Crippen LogP) is 3.11. The summed E-state index contributed by atoms with van der Waals surface area (Å²) in [6.07, 6.45) is 5.11. The third-order valence-corrected chi connectivity index (χ3v) is 6.23. The Morgan fingerprint density at radius 2 is 2.10 bits per heavy atom. The summed E-state index contributed by atoms with van der Waals surface area (Å²) >= 11 is 0. The fourth-order valence-electron chi connectivity index (χ4n) is 4.67. The summed E-state index contributed by atoms with van der Waals surface area (Å²) < 4.78 is 0. The van der Waals surface area contributed by atoms with Gasteiger partial charge in [0.1, 0.15) is 0 Å². The number of para-hydroxylation sites is 1. The van der Waals surface area contributed by atoms with Gasteiger partial charge in [0.2, 0.25) is 5.95 Å². The maximum atomic E-state index is 12.9. The van der Waals surface area contributed by atoms with E-state index in [4.69, 9.17) is 4.98 Å². The number of piperidine rings is 1. The number of benzene rings is 1. The molecule has 0 bridgehead atoms. The van der Waals surface area contributed by atoms with Crippen molar-refractivity contribution in [3.63, 3.8) is 0 Å². The lowest BCUT2D eigenvalue weighted by Gasteiger charge is -2.33. The van der Waals surface area contributed by atoms with E-state index in [1.54, 1.807) is 0 Å². The molecule has 5 rings (SSSR count). The maximum Gasteiger partial charge on any atom is 0.257 e. The molecule has 1 saturated heterocycles. The van der Waals surface area contributed by atoms with Crippen LogP contribution in [0.1, 0.15) is 36.6 Å². The van der Waals surface area contributed by atoms with Crippen LogP contribution >= 0.6 is 0 Å². The van der Waals surface area contributed by atoms with Gasteiger partial charge in [0.05, 0.1) is 16.8 Å². The topological polar surface area (TPSA) is 65.1 Å². The lowest BCUT2D eigenvalue weighted by Crippen LogP contribution is -2.39. The summed E-state index contributed by atoms with van der Waals surface area (Å²) in [4.78, 5) is 29.8. The molecular formula is C23H27N5O. The standard InChI is InChI=1S/C23H27N5O/c1-16-5-4-11-28(13-16)23-25-21-9-12-27(15-19(21)22(29)26-23)14-17-8-10-24-20-7-3-2-6-18(17)20/h2-3,6-8,10,16H,4-5,9,11-15H2,1H3,(H,25,26,29)/t16-/m0/s1. The van der Waals surface area contributed by atoms with Crippen LogP contribution in [0, 0.1) is 5.92 Å². The van der Waals surface area contributed by atoms with E-state index in [1.165, 1.54) is 17.4 Å². The molecule has 2 aromatic heterocycles. The number of hydrogen-bond donors (Lipinski definition) is 1. The molecule has 2 aliphatic heterocycles. The second-order valence-corrected chi connectivity index (χ2v) is 8.46. The van der Waals surface area contributed by atoms with Crippen LogP contribution in [-0.4, -0.2) is 39.5 Å². The van der Waals surface area contributed by atoms with Crippen LogP contribution in [0.15, 0.2) is 41.3 Å². The van der Waals surface area contributed by atoms with Crippen LogP contribution in [0.25, 0.3) is 10.9 Å². The van der Waals surface area contributed by atoms with E-state index in [0.717, 1.165) is 61.7 Å². The second-order valence-electron chi connectivity index (χ2n) is 8.46. The minimum Gasteiger partial charge on any atom is -0.342 e. The quantitative estimate of drug-likeness (QED) is 0.746. The zero-order valence-electron chi connectivity index (χ0n) is 16.9. The molecule has 1 fully saturated rings. The Labute approximate surface area is 170 Å². The zero-order valence-corrected chi connectivity index (χ0v) is 16.9. The number of aromatic nitrogens is 3. The predicted molar refractivity (Wildman–Crippen MR) is 115 cm³/mol. The minimum absolute atomic E-state index is 0.0208. The molecular weight excluding hydrogens is 362 g/mol. The van der Waals surface area contributed by atoms with E-state index in [0.29, 0.717) is 12.5 Å². The molecule has 0 aliphatic carbocycles. The lowest BCUT2D eigenvalue weighted by atomic mass is 10.0. The molecule has 29 heavy (non-hydrogen) atoms. The van der Waals surface area contributed by atoms with E-state index in [2.05, 4.69) is 44.9 Å². The first-order valence-electron chi connectivity index (χ1n) is 10.6. The van der Waals surface area contributed by atoms with Crippen molar-refractivity contribution >= 4 is 16.9 Å². The van der Waals surface area contributed by atoms with Crippen molar-refractivity contribution in [2.24, 2.45) is 5.92 Å². The Bertz CT molecular complexity index is 1090. The molecule has 0 saturated carbocycles. The van der Waals surface area contributed by atoms with Gasteiger partial charge in [0, 0.05) is 50.7 Å². The largest absolute Gasteiger partial charge is 0.342 e. The molecule has 3 aromatic rings. The van der Waals surface area contributed by atoms with Gasteiger partial charge in [-0.25, -0.2) is 4.98 Å². The molecule has 0 radical (unpaired) electrons. The molecule has 2 aliphatic rings. The van der Waals surface area contributed by atoms with Crippen molar-refractivity contribution in [2.75, 3.05) is 24.5 Å².